The van der Waals surface area contributed by atoms with Gasteiger partial charge in [0.05, 0.1) is 5.75 Å². The molecule has 0 rings (SSSR count). The van der Waals surface area contributed by atoms with E-state index in [1.54, 1.807) is 0 Å². The molecule has 6 heteroatoms. The van der Waals surface area contributed by atoms with E-state index < -0.39 is 22.0 Å². The highest BCUT2D eigenvalue weighted by molar-refractivity contribution is 7.89. The largest absolute Gasteiger partial charge is 0.480 e. The zero-order valence-corrected chi connectivity index (χ0v) is 10.0. The Morgan fingerprint density at radius 3 is 2.33 bits per heavy atom. The Labute approximate surface area is 90.9 Å². The maximum absolute atomic E-state index is 11.4. The second-order valence-electron chi connectivity index (χ2n) is 3.47. The molecule has 1 unspecified atom stereocenters. The Hall–Kier alpha value is -0.620. The number of unbranched alkanes of at least 4 members (excludes halogenated alkanes) is 1. The summed E-state index contributed by atoms with van der Waals surface area (Å²) in [6, 6.07) is -0.989. The third-order valence-electron chi connectivity index (χ3n) is 1.96. The first kappa shape index (κ1) is 14.4. The molecule has 15 heavy (non-hydrogen) atoms. The lowest BCUT2D eigenvalue weighted by Gasteiger charge is -2.13. The molecule has 0 aromatic rings. The van der Waals surface area contributed by atoms with Crippen molar-refractivity contribution < 1.29 is 18.3 Å². The van der Waals surface area contributed by atoms with Crippen molar-refractivity contribution in [1.82, 2.24) is 4.72 Å². The lowest BCUT2D eigenvalue weighted by molar-refractivity contribution is -0.139. The summed E-state index contributed by atoms with van der Waals surface area (Å²) in [5, 5.41) is 8.77. The molecule has 0 spiro atoms. The second kappa shape index (κ2) is 6.79. The molecule has 0 saturated carbocycles. The van der Waals surface area contributed by atoms with E-state index in [0.29, 0.717) is 19.3 Å². The van der Waals surface area contributed by atoms with E-state index in [-0.39, 0.29) is 5.75 Å². The number of hydrogen-bond donors (Lipinski definition) is 2. The van der Waals surface area contributed by atoms with Crippen LogP contribution >= 0.6 is 0 Å². The third-order valence-corrected chi connectivity index (χ3v) is 3.43. The second-order valence-corrected chi connectivity index (χ2v) is 5.34. The summed E-state index contributed by atoms with van der Waals surface area (Å²) in [5.74, 6) is -1.12. The summed E-state index contributed by atoms with van der Waals surface area (Å²) >= 11 is 0. The maximum Gasteiger partial charge on any atom is 0.321 e. The summed E-state index contributed by atoms with van der Waals surface area (Å²) in [6.45, 7) is 3.70. The van der Waals surface area contributed by atoms with Gasteiger partial charge in [-0.2, -0.15) is 0 Å². The van der Waals surface area contributed by atoms with Crippen molar-refractivity contribution in [2.24, 2.45) is 0 Å². The number of carbonyl (C=O) groups is 1. The fourth-order valence-corrected chi connectivity index (χ4v) is 2.57. The normalized spacial score (nSPS) is 13.7. The molecule has 0 aliphatic rings. The van der Waals surface area contributed by atoms with E-state index in [4.69, 9.17) is 5.11 Å². The molecule has 5 nitrogen and oxygen atoms in total. The number of rotatable bonds is 8. The molecule has 90 valence electrons. The average Bonchev–Trinajstić information content (AvgIpc) is 2.14. The van der Waals surface area contributed by atoms with Gasteiger partial charge in [0.1, 0.15) is 6.04 Å². The molecule has 1 atom stereocenters. The van der Waals surface area contributed by atoms with Crippen LogP contribution in [0, 0.1) is 0 Å². The van der Waals surface area contributed by atoms with Crippen molar-refractivity contribution in [3.63, 3.8) is 0 Å². The van der Waals surface area contributed by atoms with Crippen molar-refractivity contribution >= 4 is 16.0 Å². The average molecular weight is 237 g/mol. The van der Waals surface area contributed by atoms with Crippen molar-refractivity contribution in [3.8, 4) is 0 Å². The Kier molecular flexibility index (Phi) is 6.51. The van der Waals surface area contributed by atoms with Crippen LogP contribution in [0.2, 0.25) is 0 Å². The van der Waals surface area contributed by atoms with Gasteiger partial charge in [-0.3, -0.25) is 4.79 Å². The van der Waals surface area contributed by atoms with Crippen molar-refractivity contribution in [1.29, 1.82) is 0 Å². The summed E-state index contributed by atoms with van der Waals surface area (Å²) < 4.78 is 25.0. The first-order valence-electron chi connectivity index (χ1n) is 5.15. The standard InChI is InChI=1S/C9H19NO4S/c1-3-5-7-15(13,14)10-8(6-4-2)9(11)12/h8,10H,3-7H2,1-2H3,(H,11,12). The number of hydrogen-bond acceptors (Lipinski definition) is 3. The van der Waals surface area contributed by atoms with Gasteiger partial charge in [0, 0.05) is 0 Å². The number of aliphatic carboxylic acids is 1. The SMILES string of the molecule is CCCCS(=O)(=O)NC(CCC)C(=O)O. The van der Waals surface area contributed by atoms with Gasteiger partial charge in [-0.1, -0.05) is 26.7 Å². The van der Waals surface area contributed by atoms with Gasteiger partial charge in [-0.15, -0.1) is 0 Å². The quantitative estimate of drug-likeness (QED) is 0.658. The molecule has 2 N–H and O–H groups in total. The Bertz CT molecular complexity index is 286. The fraction of sp³-hybridized carbons (Fsp3) is 0.889. The summed E-state index contributed by atoms with van der Waals surface area (Å²) in [5.41, 5.74) is 0. The first-order chi connectivity index (χ1) is 6.93. The lowest BCUT2D eigenvalue weighted by Crippen LogP contribution is -2.41. The van der Waals surface area contributed by atoms with Crippen LogP contribution in [0.4, 0.5) is 0 Å². The van der Waals surface area contributed by atoms with Crippen molar-refractivity contribution in [2.75, 3.05) is 5.75 Å². The summed E-state index contributed by atoms with van der Waals surface area (Å²) in [7, 11) is -3.44. The summed E-state index contributed by atoms with van der Waals surface area (Å²) in [4.78, 5) is 10.7. The topological polar surface area (TPSA) is 83.5 Å². The van der Waals surface area contributed by atoms with Crippen LogP contribution in [0.15, 0.2) is 0 Å². The fourth-order valence-electron chi connectivity index (χ4n) is 1.13. The van der Waals surface area contributed by atoms with Crippen LogP contribution in [-0.4, -0.2) is 31.3 Å². The van der Waals surface area contributed by atoms with Crippen LogP contribution in [0.3, 0.4) is 0 Å². The first-order valence-corrected chi connectivity index (χ1v) is 6.81. The van der Waals surface area contributed by atoms with E-state index in [9.17, 15) is 13.2 Å². The predicted molar refractivity (Wildman–Crippen MR) is 58.2 cm³/mol. The molecule has 0 bridgehead atoms. The van der Waals surface area contributed by atoms with E-state index >= 15 is 0 Å². The van der Waals surface area contributed by atoms with Gasteiger partial charge in [-0.25, -0.2) is 13.1 Å². The van der Waals surface area contributed by atoms with Gasteiger partial charge in [0.2, 0.25) is 10.0 Å². The van der Waals surface area contributed by atoms with Gasteiger partial charge in [-0.05, 0) is 12.8 Å². The van der Waals surface area contributed by atoms with E-state index in [1.165, 1.54) is 0 Å². The molecule has 0 aliphatic heterocycles. The molecule has 0 radical (unpaired) electrons. The minimum atomic E-state index is -3.44. The molecule has 0 fully saturated rings. The minimum absolute atomic E-state index is 0.00298. The molecule has 0 aromatic carbocycles. The number of sulfonamides is 1. The van der Waals surface area contributed by atoms with Crippen LogP contribution in [0.1, 0.15) is 39.5 Å². The van der Waals surface area contributed by atoms with Crippen LogP contribution in [-0.2, 0) is 14.8 Å². The van der Waals surface area contributed by atoms with Gasteiger partial charge >= 0.3 is 5.97 Å². The van der Waals surface area contributed by atoms with Crippen molar-refractivity contribution in [2.45, 2.75) is 45.6 Å². The van der Waals surface area contributed by atoms with E-state index in [0.717, 1.165) is 6.42 Å². The molecule has 0 heterocycles. The van der Waals surface area contributed by atoms with E-state index in [1.807, 2.05) is 13.8 Å². The molecular formula is C9H19NO4S. The number of nitrogens with one attached hydrogen (secondary N) is 1. The van der Waals surface area contributed by atoms with Gasteiger partial charge < -0.3 is 5.11 Å². The third kappa shape index (κ3) is 6.46. The molecule has 0 saturated heterocycles. The van der Waals surface area contributed by atoms with Crippen LogP contribution in [0.25, 0.3) is 0 Å². The monoisotopic (exact) mass is 237 g/mol. The van der Waals surface area contributed by atoms with Gasteiger partial charge in [0.15, 0.2) is 0 Å². The smallest absolute Gasteiger partial charge is 0.321 e. The highest BCUT2D eigenvalue weighted by atomic mass is 32.2. The van der Waals surface area contributed by atoms with Crippen molar-refractivity contribution in [3.05, 3.63) is 0 Å². The molecule has 0 aromatic heterocycles. The van der Waals surface area contributed by atoms with Crippen LogP contribution < -0.4 is 4.72 Å². The number of carboxylic acids is 1. The zero-order chi connectivity index (χ0) is 11.9. The minimum Gasteiger partial charge on any atom is -0.480 e. The highest BCUT2D eigenvalue weighted by Crippen LogP contribution is 2.01. The van der Waals surface area contributed by atoms with E-state index in [2.05, 4.69) is 4.72 Å². The van der Waals surface area contributed by atoms with Crippen LogP contribution in [0.5, 0.6) is 0 Å². The maximum atomic E-state index is 11.4. The molecule has 0 amide bonds. The van der Waals surface area contributed by atoms with Gasteiger partial charge in [0.25, 0.3) is 0 Å². The molecular weight excluding hydrogens is 218 g/mol. The Morgan fingerprint density at radius 1 is 1.33 bits per heavy atom. The Morgan fingerprint density at radius 2 is 1.93 bits per heavy atom. The zero-order valence-electron chi connectivity index (χ0n) is 9.19. The summed E-state index contributed by atoms with van der Waals surface area (Å²) in [6.07, 6.45) is 2.27. The Balaban J connectivity index is 4.32. The molecule has 0 aliphatic carbocycles. The number of carboxylic acid groups (broad SMARTS) is 1. The highest BCUT2D eigenvalue weighted by Gasteiger charge is 2.22. The lowest BCUT2D eigenvalue weighted by atomic mass is 10.2. The predicted octanol–water partition coefficient (Wildman–Crippen LogP) is 0.959.